The van der Waals surface area contributed by atoms with Crippen molar-refractivity contribution in [2.75, 3.05) is 31.1 Å². The van der Waals surface area contributed by atoms with Gasteiger partial charge in [0.1, 0.15) is 5.82 Å². The number of benzene rings is 1. The zero-order chi connectivity index (χ0) is 15.5. The Labute approximate surface area is 136 Å². The second-order valence-corrected chi connectivity index (χ2v) is 5.94. The van der Waals surface area contributed by atoms with Crippen molar-refractivity contribution in [1.82, 2.24) is 14.9 Å². The summed E-state index contributed by atoms with van der Waals surface area (Å²) in [7, 11) is 0. The van der Waals surface area contributed by atoms with Crippen molar-refractivity contribution < 1.29 is 0 Å². The molecule has 3 aromatic rings. The molecule has 0 unspecified atom stereocenters. The summed E-state index contributed by atoms with van der Waals surface area (Å²) < 4.78 is 0. The number of nitrogens with zero attached hydrogens (tertiary/aromatic N) is 4. The topological polar surface area (TPSA) is 32.3 Å². The molecule has 1 aromatic carbocycles. The van der Waals surface area contributed by atoms with E-state index in [2.05, 4.69) is 56.2 Å². The fraction of sp³-hybridized carbons (Fsp3) is 0.263. The van der Waals surface area contributed by atoms with E-state index in [9.17, 15) is 0 Å². The lowest BCUT2D eigenvalue weighted by Gasteiger charge is -2.35. The molecule has 0 atom stereocenters. The van der Waals surface area contributed by atoms with Crippen LogP contribution >= 0.6 is 0 Å². The molecule has 0 amide bonds. The minimum absolute atomic E-state index is 0.963. The average Bonchev–Trinajstić information content (AvgIpc) is 2.63. The van der Waals surface area contributed by atoms with Gasteiger partial charge in [0, 0.05) is 50.5 Å². The summed E-state index contributed by atoms with van der Waals surface area (Å²) in [4.78, 5) is 13.9. The number of piperazine rings is 1. The second-order valence-electron chi connectivity index (χ2n) is 5.94. The summed E-state index contributed by atoms with van der Waals surface area (Å²) >= 11 is 0. The van der Waals surface area contributed by atoms with Crippen LogP contribution in [-0.4, -0.2) is 41.0 Å². The van der Waals surface area contributed by atoms with E-state index in [-0.39, 0.29) is 0 Å². The predicted octanol–water partition coefficient (Wildman–Crippen LogP) is 2.95. The minimum Gasteiger partial charge on any atom is -0.354 e. The van der Waals surface area contributed by atoms with Gasteiger partial charge in [0.15, 0.2) is 0 Å². The smallest absolute Gasteiger partial charge is 0.128 e. The first kappa shape index (κ1) is 14.2. The molecule has 1 saturated heterocycles. The lowest BCUT2D eigenvalue weighted by atomic mass is 10.1. The Morgan fingerprint density at radius 1 is 0.783 bits per heavy atom. The third-order valence-electron chi connectivity index (χ3n) is 4.46. The number of aromatic nitrogens is 2. The summed E-state index contributed by atoms with van der Waals surface area (Å²) in [6, 6.07) is 16.7. The van der Waals surface area contributed by atoms with Gasteiger partial charge in [0.25, 0.3) is 0 Å². The van der Waals surface area contributed by atoms with Crippen LogP contribution in [0.4, 0.5) is 5.82 Å². The second kappa shape index (κ2) is 6.34. The van der Waals surface area contributed by atoms with E-state index in [1.807, 2.05) is 24.5 Å². The highest BCUT2D eigenvalue weighted by Gasteiger charge is 2.18. The van der Waals surface area contributed by atoms with E-state index in [1.165, 1.54) is 10.9 Å². The quantitative estimate of drug-likeness (QED) is 0.745. The standard InChI is InChI=1S/C19H20N4/c1-2-9-20-18(8-1)23-13-11-22(12-14-23)15-17-6-3-5-16-7-4-10-21-19(16)17/h1-10H,11-15H2. The Morgan fingerprint density at radius 2 is 1.61 bits per heavy atom. The van der Waals surface area contributed by atoms with Crippen LogP contribution in [-0.2, 0) is 6.54 Å². The van der Waals surface area contributed by atoms with E-state index in [0.29, 0.717) is 0 Å². The molecule has 116 valence electrons. The van der Waals surface area contributed by atoms with Crippen LogP contribution in [0.2, 0.25) is 0 Å². The molecule has 2 aromatic heterocycles. The van der Waals surface area contributed by atoms with Gasteiger partial charge in [-0.1, -0.05) is 30.3 Å². The highest BCUT2D eigenvalue weighted by molar-refractivity contribution is 5.81. The maximum Gasteiger partial charge on any atom is 0.128 e. The molecule has 23 heavy (non-hydrogen) atoms. The van der Waals surface area contributed by atoms with Gasteiger partial charge in [-0.3, -0.25) is 9.88 Å². The van der Waals surface area contributed by atoms with Crippen LogP contribution in [0.15, 0.2) is 60.9 Å². The molecule has 0 bridgehead atoms. The van der Waals surface area contributed by atoms with Gasteiger partial charge < -0.3 is 4.90 Å². The lowest BCUT2D eigenvalue weighted by Crippen LogP contribution is -2.46. The molecule has 1 aliphatic rings. The van der Waals surface area contributed by atoms with Gasteiger partial charge in [-0.2, -0.15) is 0 Å². The zero-order valence-electron chi connectivity index (χ0n) is 13.1. The maximum atomic E-state index is 4.56. The van der Waals surface area contributed by atoms with Crippen LogP contribution in [0.5, 0.6) is 0 Å². The number of fused-ring (bicyclic) bond motifs is 1. The van der Waals surface area contributed by atoms with Crippen molar-refractivity contribution >= 4 is 16.7 Å². The van der Waals surface area contributed by atoms with E-state index in [0.717, 1.165) is 44.1 Å². The first-order valence-corrected chi connectivity index (χ1v) is 8.11. The number of pyridine rings is 2. The van der Waals surface area contributed by atoms with E-state index >= 15 is 0 Å². The number of hydrogen-bond donors (Lipinski definition) is 0. The van der Waals surface area contributed by atoms with Gasteiger partial charge in [0.05, 0.1) is 5.52 Å². The Bertz CT molecular complexity index is 774. The van der Waals surface area contributed by atoms with Crippen molar-refractivity contribution in [2.45, 2.75) is 6.54 Å². The summed E-state index contributed by atoms with van der Waals surface area (Å²) in [6.45, 7) is 5.12. The minimum atomic E-state index is 0.963. The first-order chi connectivity index (χ1) is 11.4. The Morgan fingerprint density at radius 3 is 2.43 bits per heavy atom. The molecular formula is C19H20N4. The Hall–Kier alpha value is -2.46. The molecule has 4 heteroatoms. The van der Waals surface area contributed by atoms with E-state index < -0.39 is 0 Å². The fourth-order valence-electron chi connectivity index (χ4n) is 3.21. The summed E-state index contributed by atoms with van der Waals surface area (Å²) in [6.07, 6.45) is 3.74. The fourth-order valence-corrected chi connectivity index (χ4v) is 3.21. The van der Waals surface area contributed by atoms with Crippen LogP contribution < -0.4 is 4.90 Å². The van der Waals surface area contributed by atoms with Crippen LogP contribution in [0.25, 0.3) is 10.9 Å². The molecule has 0 aliphatic carbocycles. The molecule has 3 heterocycles. The number of para-hydroxylation sites is 1. The highest BCUT2D eigenvalue weighted by Crippen LogP contribution is 2.19. The third-order valence-corrected chi connectivity index (χ3v) is 4.46. The SMILES string of the molecule is c1ccc(N2CCN(Cc3cccc4cccnc34)CC2)nc1. The molecule has 0 N–H and O–H groups in total. The van der Waals surface area contributed by atoms with Crippen LogP contribution in [0.3, 0.4) is 0 Å². The zero-order valence-corrected chi connectivity index (χ0v) is 13.1. The van der Waals surface area contributed by atoms with Crippen molar-refractivity contribution in [3.8, 4) is 0 Å². The monoisotopic (exact) mass is 304 g/mol. The first-order valence-electron chi connectivity index (χ1n) is 8.11. The summed E-state index contributed by atoms with van der Waals surface area (Å²) in [5.41, 5.74) is 2.44. The van der Waals surface area contributed by atoms with Gasteiger partial charge in [-0.15, -0.1) is 0 Å². The Kier molecular flexibility index (Phi) is 3.90. The number of anilines is 1. The van der Waals surface area contributed by atoms with Crippen molar-refractivity contribution in [3.05, 3.63) is 66.5 Å². The van der Waals surface area contributed by atoms with Crippen molar-refractivity contribution in [1.29, 1.82) is 0 Å². The van der Waals surface area contributed by atoms with Crippen molar-refractivity contribution in [2.24, 2.45) is 0 Å². The van der Waals surface area contributed by atoms with Crippen LogP contribution in [0.1, 0.15) is 5.56 Å². The van der Waals surface area contributed by atoms with Gasteiger partial charge >= 0.3 is 0 Å². The summed E-state index contributed by atoms with van der Waals surface area (Å²) in [5, 5.41) is 1.22. The molecule has 0 saturated carbocycles. The summed E-state index contributed by atoms with van der Waals surface area (Å²) in [5.74, 6) is 1.08. The average molecular weight is 304 g/mol. The lowest BCUT2D eigenvalue weighted by molar-refractivity contribution is 0.250. The number of hydrogen-bond acceptors (Lipinski definition) is 4. The maximum absolute atomic E-state index is 4.56. The normalized spacial score (nSPS) is 15.9. The Balaban J connectivity index is 1.45. The van der Waals surface area contributed by atoms with E-state index in [1.54, 1.807) is 0 Å². The van der Waals surface area contributed by atoms with Gasteiger partial charge in [-0.25, -0.2) is 4.98 Å². The molecule has 4 rings (SSSR count). The van der Waals surface area contributed by atoms with Crippen LogP contribution in [0, 0.1) is 0 Å². The molecule has 4 nitrogen and oxygen atoms in total. The molecular weight excluding hydrogens is 284 g/mol. The molecule has 1 aliphatic heterocycles. The van der Waals surface area contributed by atoms with Gasteiger partial charge in [0.2, 0.25) is 0 Å². The molecule has 0 spiro atoms. The molecule has 1 fully saturated rings. The van der Waals surface area contributed by atoms with Gasteiger partial charge in [-0.05, 0) is 23.8 Å². The highest BCUT2D eigenvalue weighted by atomic mass is 15.3. The predicted molar refractivity (Wildman–Crippen MR) is 93.5 cm³/mol. The largest absolute Gasteiger partial charge is 0.354 e. The van der Waals surface area contributed by atoms with Crippen molar-refractivity contribution in [3.63, 3.8) is 0 Å². The number of rotatable bonds is 3. The van der Waals surface area contributed by atoms with E-state index in [4.69, 9.17) is 0 Å². The third kappa shape index (κ3) is 3.03. The molecule has 0 radical (unpaired) electrons.